The zero-order chi connectivity index (χ0) is 9.57. The Morgan fingerprint density at radius 3 is 2.00 bits per heavy atom. The quantitative estimate of drug-likeness (QED) is 0.687. The average Bonchev–Trinajstić information content (AvgIpc) is 2.28. The van der Waals surface area contributed by atoms with E-state index in [1.54, 1.807) is 0 Å². The molecule has 0 aromatic carbocycles. The molecule has 1 aliphatic rings. The minimum absolute atomic E-state index is 0.0294. The van der Waals surface area contributed by atoms with Gasteiger partial charge in [-0.25, -0.2) is 0 Å². The maximum atomic E-state index is 5.89. The fourth-order valence-electron chi connectivity index (χ4n) is 1.44. The molecule has 2 nitrogen and oxygen atoms in total. The molecule has 0 aromatic heterocycles. The highest BCUT2D eigenvalue weighted by Crippen LogP contribution is 2.50. The first-order valence-corrected chi connectivity index (χ1v) is 4.65. The minimum Gasteiger partial charge on any atom is -0.375 e. The van der Waals surface area contributed by atoms with Crippen LogP contribution in [0.5, 0.6) is 0 Å². The normalized spacial score (nSPS) is 33.5. The van der Waals surface area contributed by atoms with Crippen LogP contribution < -0.4 is 5.73 Å². The smallest absolute Gasteiger partial charge is 0.0598 e. The van der Waals surface area contributed by atoms with Crippen LogP contribution in [-0.2, 0) is 4.74 Å². The van der Waals surface area contributed by atoms with Gasteiger partial charge in [0.05, 0.1) is 12.2 Å². The van der Waals surface area contributed by atoms with Crippen LogP contribution in [0, 0.1) is 11.3 Å². The zero-order valence-corrected chi connectivity index (χ0v) is 8.85. The molecule has 0 saturated heterocycles. The fourth-order valence-corrected chi connectivity index (χ4v) is 1.44. The van der Waals surface area contributed by atoms with Crippen molar-refractivity contribution in [2.45, 2.75) is 46.3 Å². The Morgan fingerprint density at radius 1 is 1.33 bits per heavy atom. The molecule has 0 heterocycles. The molecule has 0 unspecified atom stereocenters. The van der Waals surface area contributed by atoms with Gasteiger partial charge in [0.2, 0.25) is 0 Å². The van der Waals surface area contributed by atoms with Gasteiger partial charge in [-0.15, -0.1) is 0 Å². The SMILES string of the molecule is CC(C)(C)OC[C@@H]1[C@@H](N)C1(C)C. The van der Waals surface area contributed by atoms with E-state index in [0.29, 0.717) is 17.4 Å². The van der Waals surface area contributed by atoms with Gasteiger partial charge in [0.15, 0.2) is 0 Å². The molecule has 0 amide bonds. The Balaban J connectivity index is 2.28. The lowest BCUT2D eigenvalue weighted by Crippen LogP contribution is -2.21. The summed E-state index contributed by atoms with van der Waals surface area (Å²) in [5.41, 5.74) is 6.16. The van der Waals surface area contributed by atoms with Crippen LogP contribution in [0.2, 0.25) is 0 Å². The highest BCUT2D eigenvalue weighted by atomic mass is 16.5. The summed E-state index contributed by atoms with van der Waals surface area (Å²) >= 11 is 0. The number of hydrogen-bond acceptors (Lipinski definition) is 2. The van der Waals surface area contributed by atoms with Gasteiger partial charge >= 0.3 is 0 Å². The first-order chi connectivity index (χ1) is 5.25. The summed E-state index contributed by atoms with van der Waals surface area (Å²) < 4.78 is 5.68. The van der Waals surface area contributed by atoms with Gasteiger partial charge in [-0.05, 0) is 26.2 Å². The van der Waals surface area contributed by atoms with Gasteiger partial charge in [-0.1, -0.05) is 13.8 Å². The molecular formula is C10H21NO. The second kappa shape index (κ2) is 2.71. The molecule has 0 aromatic rings. The molecule has 0 bridgehead atoms. The summed E-state index contributed by atoms with van der Waals surface area (Å²) in [5, 5.41) is 0. The predicted molar refractivity (Wildman–Crippen MR) is 51.0 cm³/mol. The van der Waals surface area contributed by atoms with Crippen LogP contribution in [0.15, 0.2) is 0 Å². The van der Waals surface area contributed by atoms with E-state index in [0.717, 1.165) is 6.61 Å². The van der Waals surface area contributed by atoms with Crippen LogP contribution in [0.1, 0.15) is 34.6 Å². The summed E-state index contributed by atoms with van der Waals surface area (Å²) in [6.45, 7) is 11.4. The number of hydrogen-bond donors (Lipinski definition) is 1. The number of nitrogens with two attached hydrogens (primary N) is 1. The monoisotopic (exact) mass is 171 g/mol. The molecule has 0 spiro atoms. The largest absolute Gasteiger partial charge is 0.375 e. The third-order valence-electron chi connectivity index (χ3n) is 2.84. The fraction of sp³-hybridized carbons (Fsp3) is 1.00. The van der Waals surface area contributed by atoms with Gasteiger partial charge in [0.1, 0.15) is 0 Å². The second-order valence-electron chi connectivity index (χ2n) is 5.38. The topological polar surface area (TPSA) is 35.2 Å². The molecule has 1 saturated carbocycles. The molecule has 72 valence electrons. The van der Waals surface area contributed by atoms with Gasteiger partial charge in [-0.2, -0.15) is 0 Å². The summed E-state index contributed by atoms with van der Waals surface area (Å²) in [6.07, 6.45) is 0. The molecule has 0 radical (unpaired) electrons. The second-order valence-corrected chi connectivity index (χ2v) is 5.38. The Morgan fingerprint density at radius 2 is 1.75 bits per heavy atom. The highest BCUT2D eigenvalue weighted by Gasteiger charge is 2.55. The van der Waals surface area contributed by atoms with Crippen molar-refractivity contribution < 1.29 is 4.74 Å². The number of rotatable bonds is 2. The van der Waals surface area contributed by atoms with Crippen LogP contribution in [-0.4, -0.2) is 18.2 Å². The van der Waals surface area contributed by atoms with Crippen LogP contribution in [0.3, 0.4) is 0 Å². The third kappa shape index (κ3) is 1.99. The van der Waals surface area contributed by atoms with E-state index in [9.17, 15) is 0 Å². The molecule has 2 atom stereocenters. The first-order valence-electron chi connectivity index (χ1n) is 4.65. The molecule has 0 aliphatic heterocycles. The van der Waals surface area contributed by atoms with E-state index >= 15 is 0 Å². The Kier molecular flexibility index (Phi) is 2.26. The molecule has 1 aliphatic carbocycles. The zero-order valence-electron chi connectivity index (χ0n) is 8.85. The van der Waals surface area contributed by atoms with E-state index in [2.05, 4.69) is 34.6 Å². The summed E-state index contributed by atoms with van der Waals surface area (Å²) in [6, 6.07) is 0.333. The molecule has 2 N–H and O–H groups in total. The minimum atomic E-state index is -0.0294. The van der Waals surface area contributed by atoms with E-state index < -0.39 is 0 Å². The van der Waals surface area contributed by atoms with Crippen molar-refractivity contribution in [2.24, 2.45) is 17.1 Å². The van der Waals surface area contributed by atoms with Gasteiger partial charge < -0.3 is 10.5 Å². The Hall–Kier alpha value is -0.0800. The number of ether oxygens (including phenoxy) is 1. The highest BCUT2D eigenvalue weighted by molar-refractivity contribution is 5.08. The van der Waals surface area contributed by atoms with Gasteiger partial charge in [-0.3, -0.25) is 0 Å². The standard InChI is InChI=1S/C10H21NO/c1-9(2,3)12-6-7-8(11)10(7,4)5/h7-8H,6,11H2,1-5H3/t7-,8-/m1/s1. The Labute approximate surface area is 75.5 Å². The van der Waals surface area contributed by atoms with Gasteiger partial charge in [0.25, 0.3) is 0 Å². The lowest BCUT2D eigenvalue weighted by Gasteiger charge is -2.19. The van der Waals surface area contributed by atoms with E-state index in [4.69, 9.17) is 10.5 Å². The Bertz CT molecular complexity index is 169. The van der Waals surface area contributed by atoms with Crippen molar-refractivity contribution in [3.05, 3.63) is 0 Å². The molecular weight excluding hydrogens is 150 g/mol. The first kappa shape index (κ1) is 10.0. The van der Waals surface area contributed by atoms with Crippen molar-refractivity contribution in [3.8, 4) is 0 Å². The average molecular weight is 171 g/mol. The van der Waals surface area contributed by atoms with E-state index in [-0.39, 0.29) is 5.60 Å². The van der Waals surface area contributed by atoms with E-state index in [1.807, 2.05) is 0 Å². The van der Waals surface area contributed by atoms with Crippen molar-refractivity contribution in [3.63, 3.8) is 0 Å². The van der Waals surface area contributed by atoms with Crippen LogP contribution in [0.4, 0.5) is 0 Å². The lowest BCUT2D eigenvalue weighted by molar-refractivity contribution is -0.0129. The van der Waals surface area contributed by atoms with Crippen LogP contribution >= 0.6 is 0 Å². The summed E-state index contributed by atoms with van der Waals surface area (Å²) in [5.74, 6) is 0.553. The molecule has 2 heteroatoms. The molecule has 1 fully saturated rings. The maximum absolute atomic E-state index is 5.89. The van der Waals surface area contributed by atoms with Gasteiger partial charge in [0, 0.05) is 12.0 Å². The van der Waals surface area contributed by atoms with Crippen molar-refractivity contribution in [1.29, 1.82) is 0 Å². The third-order valence-corrected chi connectivity index (χ3v) is 2.84. The van der Waals surface area contributed by atoms with E-state index in [1.165, 1.54) is 0 Å². The predicted octanol–water partition coefficient (Wildman–Crippen LogP) is 1.78. The molecule has 1 rings (SSSR count). The van der Waals surface area contributed by atoms with Crippen molar-refractivity contribution >= 4 is 0 Å². The maximum Gasteiger partial charge on any atom is 0.0598 e. The summed E-state index contributed by atoms with van der Waals surface area (Å²) in [4.78, 5) is 0. The lowest BCUT2D eigenvalue weighted by atomic mass is 10.1. The van der Waals surface area contributed by atoms with Crippen molar-refractivity contribution in [1.82, 2.24) is 0 Å². The summed E-state index contributed by atoms with van der Waals surface area (Å²) in [7, 11) is 0. The van der Waals surface area contributed by atoms with Crippen LogP contribution in [0.25, 0.3) is 0 Å². The molecule has 12 heavy (non-hydrogen) atoms. The van der Waals surface area contributed by atoms with Crippen molar-refractivity contribution in [2.75, 3.05) is 6.61 Å².